The van der Waals surface area contributed by atoms with Gasteiger partial charge in [0, 0.05) is 30.4 Å². The van der Waals surface area contributed by atoms with Gasteiger partial charge in [-0.05, 0) is 26.7 Å². The molecule has 0 amide bonds. The number of nitrogens with zero attached hydrogens (tertiary/aromatic N) is 4. The summed E-state index contributed by atoms with van der Waals surface area (Å²) in [5.74, 6) is 3.38. The topological polar surface area (TPSA) is 55.6 Å². The van der Waals surface area contributed by atoms with Crippen LogP contribution < -0.4 is 5.32 Å². The van der Waals surface area contributed by atoms with Crippen LogP contribution in [0, 0.1) is 6.92 Å². The molecule has 0 saturated heterocycles. The molecule has 0 bridgehead atoms. The predicted octanol–water partition coefficient (Wildman–Crippen LogP) is 2.28. The van der Waals surface area contributed by atoms with Crippen molar-refractivity contribution < 1.29 is 0 Å². The molecule has 2 aromatic rings. The maximum Gasteiger partial charge on any atom is 0.146 e. The molecule has 1 saturated carbocycles. The number of anilines is 1. The zero-order chi connectivity index (χ0) is 12.5. The Morgan fingerprint density at radius 3 is 2.83 bits per heavy atom. The molecule has 1 fully saturated rings. The summed E-state index contributed by atoms with van der Waals surface area (Å²) in [4.78, 5) is 13.4. The first-order valence-electron chi connectivity index (χ1n) is 6.40. The lowest BCUT2D eigenvalue weighted by molar-refractivity contribution is 0.865. The number of imidazole rings is 1. The van der Waals surface area contributed by atoms with Crippen LogP contribution in [0.5, 0.6) is 0 Å². The minimum atomic E-state index is 0.547. The highest BCUT2D eigenvalue weighted by Crippen LogP contribution is 2.39. The summed E-state index contributed by atoms with van der Waals surface area (Å²) in [6.45, 7) is 4.99. The molecule has 1 N–H and O–H groups in total. The molecule has 0 spiro atoms. The fourth-order valence-electron chi connectivity index (χ4n) is 2.02. The standard InChI is InChI=1S/C13H17N5/c1-3-15-11-9(2)13(18-7-6-14-8-18)17-12(16-11)10-4-5-10/h6-8,10H,3-5H2,1-2H3,(H,15,16,17). The van der Waals surface area contributed by atoms with Crippen LogP contribution in [0.2, 0.25) is 0 Å². The van der Waals surface area contributed by atoms with E-state index in [1.165, 1.54) is 12.8 Å². The monoisotopic (exact) mass is 243 g/mol. The Balaban J connectivity index is 2.10. The summed E-state index contributed by atoms with van der Waals surface area (Å²) in [6, 6.07) is 0. The summed E-state index contributed by atoms with van der Waals surface area (Å²) in [5, 5.41) is 3.32. The van der Waals surface area contributed by atoms with E-state index in [1.54, 1.807) is 12.5 Å². The first kappa shape index (κ1) is 11.2. The van der Waals surface area contributed by atoms with Crippen molar-refractivity contribution in [3.8, 4) is 5.82 Å². The van der Waals surface area contributed by atoms with Crippen LogP contribution in [0.15, 0.2) is 18.7 Å². The highest BCUT2D eigenvalue weighted by atomic mass is 15.1. The Labute approximate surface area is 106 Å². The zero-order valence-electron chi connectivity index (χ0n) is 10.7. The average Bonchev–Trinajstić information content (AvgIpc) is 3.08. The summed E-state index contributed by atoms with van der Waals surface area (Å²) in [6.07, 6.45) is 7.88. The second-order valence-electron chi connectivity index (χ2n) is 4.65. The van der Waals surface area contributed by atoms with Gasteiger partial charge in [0.05, 0.1) is 0 Å². The zero-order valence-corrected chi connectivity index (χ0v) is 10.7. The van der Waals surface area contributed by atoms with Gasteiger partial charge in [-0.1, -0.05) is 0 Å². The highest BCUT2D eigenvalue weighted by molar-refractivity contribution is 5.52. The first-order valence-corrected chi connectivity index (χ1v) is 6.40. The summed E-state index contributed by atoms with van der Waals surface area (Å²) < 4.78 is 1.95. The maximum absolute atomic E-state index is 4.69. The van der Waals surface area contributed by atoms with Gasteiger partial charge in [0.1, 0.15) is 23.8 Å². The lowest BCUT2D eigenvalue weighted by atomic mass is 10.2. The smallest absolute Gasteiger partial charge is 0.146 e. The number of aromatic nitrogens is 4. The van der Waals surface area contributed by atoms with E-state index in [4.69, 9.17) is 4.98 Å². The van der Waals surface area contributed by atoms with Gasteiger partial charge in [0.15, 0.2) is 0 Å². The summed E-state index contributed by atoms with van der Waals surface area (Å²) >= 11 is 0. The number of hydrogen-bond donors (Lipinski definition) is 1. The Morgan fingerprint density at radius 2 is 2.22 bits per heavy atom. The number of nitrogens with one attached hydrogen (secondary N) is 1. The molecule has 3 rings (SSSR count). The lowest BCUT2D eigenvalue weighted by Gasteiger charge is -2.13. The Kier molecular flexibility index (Phi) is 2.74. The van der Waals surface area contributed by atoms with Gasteiger partial charge in [-0.25, -0.2) is 15.0 Å². The summed E-state index contributed by atoms with van der Waals surface area (Å²) in [7, 11) is 0. The number of rotatable bonds is 4. The van der Waals surface area contributed by atoms with Gasteiger partial charge in [-0.2, -0.15) is 0 Å². The Bertz CT molecular complexity index is 543. The summed E-state index contributed by atoms with van der Waals surface area (Å²) in [5.41, 5.74) is 1.07. The van der Waals surface area contributed by atoms with E-state index in [0.717, 1.165) is 29.6 Å². The van der Waals surface area contributed by atoms with E-state index < -0.39 is 0 Å². The highest BCUT2D eigenvalue weighted by Gasteiger charge is 2.28. The van der Waals surface area contributed by atoms with E-state index in [0.29, 0.717) is 5.92 Å². The molecular formula is C13H17N5. The van der Waals surface area contributed by atoms with Crippen LogP contribution in [0.3, 0.4) is 0 Å². The van der Waals surface area contributed by atoms with Crippen LogP contribution in [0.4, 0.5) is 5.82 Å². The van der Waals surface area contributed by atoms with Gasteiger partial charge < -0.3 is 5.32 Å². The van der Waals surface area contributed by atoms with E-state index >= 15 is 0 Å². The minimum Gasteiger partial charge on any atom is -0.370 e. The van der Waals surface area contributed by atoms with E-state index in [9.17, 15) is 0 Å². The van der Waals surface area contributed by atoms with Gasteiger partial charge in [-0.3, -0.25) is 4.57 Å². The van der Waals surface area contributed by atoms with E-state index in [1.807, 2.05) is 17.7 Å². The third-order valence-corrected chi connectivity index (χ3v) is 3.17. The van der Waals surface area contributed by atoms with Crippen molar-refractivity contribution in [1.29, 1.82) is 0 Å². The third kappa shape index (κ3) is 1.96. The normalized spacial score (nSPS) is 14.8. The van der Waals surface area contributed by atoms with Gasteiger partial charge in [-0.15, -0.1) is 0 Å². The molecule has 5 nitrogen and oxygen atoms in total. The van der Waals surface area contributed by atoms with Crippen molar-refractivity contribution in [3.63, 3.8) is 0 Å². The van der Waals surface area contributed by atoms with Crippen molar-refractivity contribution >= 4 is 5.82 Å². The molecule has 18 heavy (non-hydrogen) atoms. The van der Waals surface area contributed by atoms with Gasteiger partial charge in [0.2, 0.25) is 0 Å². The SMILES string of the molecule is CCNc1nc(C2CC2)nc(-n2ccnc2)c1C. The molecule has 5 heteroatoms. The van der Waals surface area contributed by atoms with Crippen LogP contribution in [0.1, 0.15) is 37.1 Å². The van der Waals surface area contributed by atoms with Crippen molar-refractivity contribution in [2.45, 2.75) is 32.6 Å². The maximum atomic E-state index is 4.69. The molecule has 0 aliphatic heterocycles. The van der Waals surface area contributed by atoms with Crippen molar-refractivity contribution in [1.82, 2.24) is 19.5 Å². The largest absolute Gasteiger partial charge is 0.370 e. The van der Waals surface area contributed by atoms with Crippen molar-refractivity contribution in [3.05, 3.63) is 30.1 Å². The molecule has 0 atom stereocenters. The minimum absolute atomic E-state index is 0.547. The fourth-order valence-corrected chi connectivity index (χ4v) is 2.02. The predicted molar refractivity (Wildman–Crippen MR) is 70.0 cm³/mol. The van der Waals surface area contributed by atoms with Crippen molar-refractivity contribution in [2.24, 2.45) is 0 Å². The average molecular weight is 243 g/mol. The molecular weight excluding hydrogens is 226 g/mol. The second kappa shape index (κ2) is 4.40. The van der Waals surface area contributed by atoms with E-state index in [2.05, 4.69) is 22.2 Å². The van der Waals surface area contributed by atoms with Crippen LogP contribution in [-0.4, -0.2) is 26.1 Å². The van der Waals surface area contributed by atoms with Crippen LogP contribution in [-0.2, 0) is 0 Å². The van der Waals surface area contributed by atoms with E-state index in [-0.39, 0.29) is 0 Å². The Hall–Kier alpha value is -1.91. The molecule has 2 heterocycles. The lowest BCUT2D eigenvalue weighted by Crippen LogP contribution is -2.10. The molecule has 1 aliphatic rings. The second-order valence-corrected chi connectivity index (χ2v) is 4.65. The Morgan fingerprint density at radius 1 is 1.39 bits per heavy atom. The van der Waals surface area contributed by atoms with Gasteiger partial charge in [0.25, 0.3) is 0 Å². The molecule has 2 aromatic heterocycles. The third-order valence-electron chi connectivity index (χ3n) is 3.17. The van der Waals surface area contributed by atoms with Crippen LogP contribution in [0.25, 0.3) is 5.82 Å². The number of hydrogen-bond acceptors (Lipinski definition) is 4. The first-order chi connectivity index (χ1) is 8.79. The molecule has 0 unspecified atom stereocenters. The van der Waals surface area contributed by atoms with Crippen LogP contribution >= 0.6 is 0 Å². The quantitative estimate of drug-likeness (QED) is 0.895. The fraction of sp³-hybridized carbons (Fsp3) is 0.462. The molecule has 0 aromatic carbocycles. The molecule has 94 valence electrons. The van der Waals surface area contributed by atoms with Crippen molar-refractivity contribution in [2.75, 3.05) is 11.9 Å². The van der Waals surface area contributed by atoms with Gasteiger partial charge >= 0.3 is 0 Å². The molecule has 1 aliphatic carbocycles. The molecule has 0 radical (unpaired) electrons.